The van der Waals surface area contributed by atoms with Crippen molar-refractivity contribution in [2.24, 2.45) is 5.41 Å². The van der Waals surface area contributed by atoms with Crippen LogP contribution in [0.15, 0.2) is 53.0 Å². The molecule has 5 aliphatic rings. The van der Waals surface area contributed by atoms with Gasteiger partial charge in [0.2, 0.25) is 5.91 Å². The highest BCUT2D eigenvalue weighted by Crippen LogP contribution is 2.75. The summed E-state index contributed by atoms with van der Waals surface area (Å²) in [5, 5.41) is 2.27. The average molecular weight is 537 g/mol. The van der Waals surface area contributed by atoms with Gasteiger partial charge in [-0.3, -0.25) is 9.63 Å². The summed E-state index contributed by atoms with van der Waals surface area (Å²) in [6.07, 6.45) is 5.16. The zero-order chi connectivity index (χ0) is 24.2. The highest BCUT2D eigenvalue weighted by molar-refractivity contribution is 9.10. The summed E-state index contributed by atoms with van der Waals surface area (Å²) in [6, 6.07) is 17.4. The van der Waals surface area contributed by atoms with E-state index >= 15 is 0 Å². The van der Waals surface area contributed by atoms with E-state index in [9.17, 15) is 4.79 Å². The molecule has 2 aromatic carbocycles. The maximum Gasteiger partial charge on any atom is 0.238 e. The molecule has 7 rings (SSSR count). The standard InChI is InChI=1S/C29H33BrN2O3/c1-19-9-7-12-21-15-29(35-32(19)21)26(2,3)28(17-27(29)18-34-27)22-13-8-14-23(30)24(22)31(25(28)33)16-20-10-5-4-6-11-20/h4-6,8,10-11,13-14,19,21H,7,9,12,15-18H2,1-3H3/t19-,21+,27+,28-,29-/m0/s1. The quantitative estimate of drug-likeness (QED) is 0.458. The SMILES string of the molecule is C[C@H]1CCC[C@@H]2C[C@]3(ON21)C(C)(C)[C@]1(C[C@@]32CO2)C(=O)N(Cc2ccccc2)c2c(Br)cccc21. The molecule has 0 N–H and O–H groups in total. The Morgan fingerprint density at radius 3 is 2.57 bits per heavy atom. The third kappa shape index (κ3) is 2.62. The van der Waals surface area contributed by atoms with Crippen LogP contribution in [0.5, 0.6) is 0 Å². The topological polar surface area (TPSA) is 45.3 Å². The lowest BCUT2D eigenvalue weighted by atomic mass is 9.59. The monoisotopic (exact) mass is 536 g/mol. The summed E-state index contributed by atoms with van der Waals surface area (Å²) in [5.74, 6) is 0.182. The van der Waals surface area contributed by atoms with Crippen LogP contribution >= 0.6 is 15.9 Å². The fraction of sp³-hybridized carbons (Fsp3) is 0.552. The largest absolute Gasteiger partial charge is 0.366 e. The number of carbonyl (C=O) groups excluding carboxylic acids is 1. The Morgan fingerprint density at radius 2 is 1.86 bits per heavy atom. The first kappa shape index (κ1) is 22.5. The molecule has 5 nitrogen and oxygen atoms in total. The number of carbonyl (C=O) groups is 1. The fourth-order valence-electron chi connectivity index (χ4n) is 8.21. The maximum absolute atomic E-state index is 14.8. The van der Waals surface area contributed by atoms with Crippen molar-refractivity contribution in [3.05, 3.63) is 64.1 Å². The molecule has 4 aliphatic heterocycles. The first-order valence-corrected chi connectivity index (χ1v) is 13.8. The van der Waals surface area contributed by atoms with E-state index in [0.29, 0.717) is 31.7 Å². The number of halogens is 1. The molecule has 0 unspecified atom stereocenters. The van der Waals surface area contributed by atoms with E-state index in [4.69, 9.17) is 9.57 Å². The number of piperidine rings is 1. The summed E-state index contributed by atoms with van der Waals surface area (Å²) in [4.78, 5) is 23.9. The number of fused-ring (bicyclic) bond motifs is 4. The Morgan fingerprint density at radius 1 is 1.09 bits per heavy atom. The van der Waals surface area contributed by atoms with Gasteiger partial charge >= 0.3 is 0 Å². The molecule has 184 valence electrons. The number of epoxide rings is 1. The Balaban J connectivity index is 1.39. The van der Waals surface area contributed by atoms with Gasteiger partial charge in [-0.1, -0.05) is 62.7 Å². The lowest BCUT2D eigenvalue weighted by Crippen LogP contribution is -2.57. The second kappa shape index (κ2) is 7.18. The number of hydrogen-bond donors (Lipinski definition) is 0. The van der Waals surface area contributed by atoms with Crippen LogP contribution in [0.1, 0.15) is 64.0 Å². The van der Waals surface area contributed by atoms with Crippen LogP contribution in [0.2, 0.25) is 0 Å². The summed E-state index contributed by atoms with van der Waals surface area (Å²) < 4.78 is 7.34. The molecule has 0 radical (unpaired) electrons. The van der Waals surface area contributed by atoms with Crippen molar-refractivity contribution in [1.82, 2.24) is 5.06 Å². The van der Waals surface area contributed by atoms with Gasteiger partial charge in [0.05, 0.1) is 24.3 Å². The molecule has 6 heteroatoms. The van der Waals surface area contributed by atoms with Crippen molar-refractivity contribution in [2.75, 3.05) is 11.5 Å². The normalized spacial score (nSPS) is 39.1. The number of rotatable bonds is 2. The number of hydrogen-bond acceptors (Lipinski definition) is 4. The summed E-state index contributed by atoms with van der Waals surface area (Å²) >= 11 is 3.81. The smallest absolute Gasteiger partial charge is 0.238 e. The molecule has 35 heavy (non-hydrogen) atoms. The van der Waals surface area contributed by atoms with Crippen LogP contribution in [-0.4, -0.2) is 40.9 Å². The molecule has 1 saturated carbocycles. The molecule has 0 bridgehead atoms. The number of para-hydroxylation sites is 1. The lowest BCUT2D eigenvalue weighted by Gasteiger charge is -2.46. The second-order valence-electron chi connectivity index (χ2n) is 11.9. The third-order valence-corrected chi connectivity index (χ3v) is 10.7. The number of ether oxygens (including phenoxy) is 1. The van der Waals surface area contributed by atoms with E-state index in [1.54, 1.807) is 0 Å². The fourth-order valence-corrected chi connectivity index (χ4v) is 8.79. The van der Waals surface area contributed by atoms with Gasteiger partial charge in [-0.2, -0.15) is 5.06 Å². The maximum atomic E-state index is 14.8. The van der Waals surface area contributed by atoms with Gasteiger partial charge in [0.25, 0.3) is 0 Å². The minimum Gasteiger partial charge on any atom is -0.366 e. The van der Waals surface area contributed by atoms with Crippen molar-refractivity contribution in [1.29, 1.82) is 0 Å². The van der Waals surface area contributed by atoms with Crippen molar-refractivity contribution in [3.8, 4) is 0 Å². The van der Waals surface area contributed by atoms with E-state index in [1.165, 1.54) is 6.42 Å². The Hall–Kier alpha value is -1.73. The molecule has 5 atom stereocenters. The molecule has 3 spiro atoms. The van der Waals surface area contributed by atoms with Crippen molar-refractivity contribution >= 4 is 27.5 Å². The van der Waals surface area contributed by atoms with E-state index in [0.717, 1.165) is 40.5 Å². The van der Waals surface area contributed by atoms with Gasteiger partial charge < -0.3 is 9.64 Å². The molecular weight excluding hydrogens is 504 g/mol. The molecule has 4 fully saturated rings. The van der Waals surface area contributed by atoms with Crippen molar-refractivity contribution < 1.29 is 14.4 Å². The summed E-state index contributed by atoms with van der Waals surface area (Å²) in [5.41, 5.74) is 1.18. The summed E-state index contributed by atoms with van der Waals surface area (Å²) in [7, 11) is 0. The minimum atomic E-state index is -0.699. The zero-order valence-corrected chi connectivity index (χ0v) is 22.3. The zero-order valence-electron chi connectivity index (χ0n) is 20.7. The second-order valence-corrected chi connectivity index (χ2v) is 12.8. The van der Waals surface area contributed by atoms with Gasteiger partial charge in [-0.05, 0) is 59.3 Å². The highest BCUT2D eigenvalue weighted by atomic mass is 79.9. The Bertz CT molecular complexity index is 1210. The Labute approximate surface area is 215 Å². The number of amides is 1. The third-order valence-electron chi connectivity index (χ3n) is 10.1. The van der Waals surface area contributed by atoms with Crippen LogP contribution in [-0.2, 0) is 26.3 Å². The molecule has 1 aliphatic carbocycles. The van der Waals surface area contributed by atoms with Gasteiger partial charge in [0.15, 0.2) is 0 Å². The highest BCUT2D eigenvalue weighted by Gasteiger charge is 2.86. The average Bonchev–Trinajstić information content (AvgIpc) is 3.39. The number of nitrogens with zero attached hydrogens (tertiary/aromatic N) is 2. The molecule has 1 amide bonds. The molecule has 4 heterocycles. The number of hydroxylamine groups is 2. The molecular formula is C29H33BrN2O3. The van der Waals surface area contributed by atoms with Crippen LogP contribution < -0.4 is 4.90 Å². The molecule has 2 aromatic rings. The van der Waals surface area contributed by atoms with E-state index in [-0.39, 0.29) is 5.91 Å². The van der Waals surface area contributed by atoms with Gasteiger partial charge in [-0.15, -0.1) is 0 Å². The van der Waals surface area contributed by atoms with Crippen LogP contribution in [0.25, 0.3) is 0 Å². The van der Waals surface area contributed by atoms with E-state index < -0.39 is 22.0 Å². The first-order chi connectivity index (χ1) is 16.8. The lowest BCUT2D eigenvalue weighted by molar-refractivity contribution is -0.270. The summed E-state index contributed by atoms with van der Waals surface area (Å²) in [6.45, 7) is 8.06. The predicted molar refractivity (Wildman–Crippen MR) is 138 cm³/mol. The number of anilines is 1. The number of benzene rings is 2. The molecule has 0 aromatic heterocycles. The van der Waals surface area contributed by atoms with Gasteiger partial charge in [-0.25, -0.2) is 0 Å². The van der Waals surface area contributed by atoms with Crippen LogP contribution in [0.3, 0.4) is 0 Å². The predicted octanol–water partition coefficient (Wildman–Crippen LogP) is 5.75. The van der Waals surface area contributed by atoms with Crippen molar-refractivity contribution in [2.45, 2.75) is 88.1 Å². The van der Waals surface area contributed by atoms with E-state index in [1.807, 2.05) is 23.1 Å². The molecule has 3 saturated heterocycles. The van der Waals surface area contributed by atoms with Gasteiger partial charge in [0.1, 0.15) is 11.2 Å². The van der Waals surface area contributed by atoms with Crippen molar-refractivity contribution in [3.63, 3.8) is 0 Å². The van der Waals surface area contributed by atoms with Gasteiger partial charge in [0, 0.05) is 28.4 Å². The Kier molecular flexibility index (Phi) is 4.61. The van der Waals surface area contributed by atoms with Crippen LogP contribution in [0, 0.1) is 5.41 Å². The van der Waals surface area contributed by atoms with Crippen LogP contribution in [0.4, 0.5) is 5.69 Å². The van der Waals surface area contributed by atoms with E-state index in [2.05, 4.69) is 72.1 Å². The first-order valence-electron chi connectivity index (χ1n) is 13.0. The minimum absolute atomic E-state index is 0.182.